The van der Waals surface area contributed by atoms with E-state index in [0.717, 1.165) is 6.42 Å². The third kappa shape index (κ3) is 3.00. The molecule has 0 amide bonds. The lowest BCUT2D eigenvalue weighted by Gasteiger charge is -2.37. The fourth-order valence-electron chi connectivity index (χ4n) is 2.42. The van der Waals surface area contributed by atoms with E-state index < -0.39 is 10.0 Å². The van der Waals surface area contributed by atoms with Crippen LogP contribution in [0.4, 0.5) is 0 Å². The number of aromatic nitrogens is 2. The molecule has 0 saturated carbocycles. The van der Waals surface area contributed by atoms with Crippen molar-refractivity contribution in [2.45, 2.75) is 24.4 Å². The van der Waals surface area contributed by atoms with E-state index >= 15 is 0 Å². The van der Waals surface area contributed by atoms with Crippen molar-refractivity contribution < 1.29 is 8.42 Å². The molecule has 1 aromatic rings. The summed E-state index contributed by atoms with van der Waals surface area (Å²) in [4.78, 5) is 2.61. The molecule has 2 rings (SSSR count). The third-order valence-electron chi connectivity index (χ3n) is 3.52. The van der Waals surface area contributed by atoms with Gasteiger partial charge in [-0.3, -0.25) is 10.00 Å². The summed E-state index contributed by atoms with van der Waals surface area (Å²) in [7, 11) is -3.47. The van der Waals surface area contributed by atoms with Crippen LogP contribution < -0.4 is 5.73 Å². The van der Waals surface area contributed by atoms with Crippen molar-refractivity contribution >= 4 is 27.2 Å². The molecule has 9 heteroatoms. The normalized spacial score (nSPS) is 19.9. The molecule has 1 unspecified atom stereocenters. The summed E-state index contributed by atoms with van der Waals surface area (Å²) in [6.07, 6.45) is 2.27. The highest BCUT2D eigenvalue weighted by molar-refractivity contribution is 7.89. The summed E-state index contributed by atoms with van der Waals surface area (Å²) in [6, 6.07) is 1.51. The average molecular weight is 317 g/mol. The zero-order valence-electron chi connectivity index (χ0n) is 11.3. The Hall–Kier alpha value is -1.03. The van der Waals surface area contributed by atoms with Gasteiger partial charge in [0.2, 0.25) is 0 Å². The second-order valence-corrected chi connectivity index (χ2v) is 7.07. The molecule has 7 nitrogen and oxygen atoms in total. The molecule has 1 aromatic heterocycles. The van der Waals surface area contributed by atoms with Crippen molar-refractivity contribution in [2.24, 2.45) is 5.73 Å². The summed E-state index contributed by atoms with van der Waals surface area (Å²) in [6.45, 7) is 4.14. The van der Waals surface area contributed by atoms with E-state index in [1.54, 1.807) is 0 Å². The summed E-state index contributed by atoms with van der Waals surface area (Å²) < 4.78 is 26.1. The van der Waals surface area contributed by atoms with Crippen molar-refractivity contribution in [1.82, 2.24) is 19.4 Å². The Morgan fingerprint density at radius 2 is 2.15 bits per heavy atom. The Kier molecular flexibility index (Phi) is 4.74. The number of sulfonamides is 1. The van der Waals surface area contributed by atoms with E-state index in [1.807, 2.05) is 6.92 Å². The van der Waals surface area contributed by atoms with Crippen LogP contribution in [0.3, 0.4) is 0 Å². The van der Waals surface area contributed by atoms with Gasteiger partial charge in [-0.05, 0) is 12.5 Å². The molecule has 1 atom stereocenters. The van der Waals surface area contributed by atoms with E-state index in [0.29, 0.717) is 31.2 Å². The summed E-state index contributed by atoms with van der Waals surface area (Å²) >= 11 is 5.06. The fraction of sp³-hybridized carbons (Fsp3) is 0.636. The lowest BCUT2D eigenvalue weighted by molar-refractivity contribution is 0.165. The van der Waals surface area contributed by atoms with E-state index in [2.05, 4.69) is 15.1 Å². The summed E-state index contributed by atoms with van der Waals surface area (Å²) in [5.41, 5.74) is 5.72. The molecule has 0 bridgehead atoms. The standard InChI is InChI=1S/C11H19N5O2S2/c1-2-9(11(12)19)15-5-7-16(8-6-15)20(17,18)10-3-4-13-14-10/h3-4,9H,2,5-8H2,1H3,(H2,12,19)(H,13,14). The number of hydrogen-bond donors (Lipinski definition) is 2. The van der Waals surface area contributed by atoms with E-state index in [-0.39, 0.29) is 11.1 Å². The van der Waals surface area contributed by atoms with Crippen LogP contribution in [0.5, 0.6) is 0 Å². The number of thiocarbonyl (C=S) groups is 1. The first kappa shape index (κ1) is 15.4. The Bertz CT molecular complexity index is 549. The largest absolute Gasteiger partial charge is 0.392 e. The van der Waals surface area contributed by atoms with Crippen LogP contribution in [0.15, 0.2) is 17.3 Å². The number of hydrogen-bond acceptors (Lipinski definition) is 5. The average Bonchev–Trinajstić information content (AvgIpc) is 2.94. The molecule has 0 aliphatic carbocycles. The highest BCUT2D eigenvalue weighted by Crippen LogP contribution is 2.17. The van der Waals surface area contributed by atoms with Gasteiger partial charge < -0.3 is 5.73 Å². The maximum atomic E-state index is 12.3. The van der Waals surface area contributed by atoms with Crippen LogP contribution in [0.25, 0.3) is 0 Å². The van der Waals surface area contributed by atoms with Gasteiger partial charge in [0, 0.05) is 26.2 Å². The fourth-order valence-corrected chi connectivity index (χ4v) is 4.06. The monoisotopic (exact) mass is 317 g/mol. The number of nitrogens with one attached hydrogen (secondary N) is 1. The number of nitrogens with zero attached hydrogens (tertiary/aromatic N) is 3. The molecule has 3 N–H and O–H groups in total. The topological polar surface area (TPSA) is 95.3 Å². The molecular weight excluding hydrogens is 298 g/mol. The van der Waals surface area contributed by atoms with Crippen molar-refractivity contribution in [3.8, 4) is 0 Å². The first-order valence-electron chi connectivity index (χ1n) is 6.49. The highest BCUT2D eigenvalue weighted by atomic mass is 32.2. The van der Waals surface area contributed by atoms with Crippen molar-refractivity contribution in [3.05, 3.63) is 12.3 Å². The molecule has 112 valence electrons. The van der Waals surface area contributed by atoms with Crippen LogP contribution in [0.2, 0.25) is 0 Å². The first-order chi connectivity index (χ1) is 9.46. The molecule has 1 aliphatic heterocycles. The summed E-state index contributed by atoms with van der Waals surface area (Å²) in [5.74, 6) is 0. The second kappa shape index (κ2) is 6.17. The molecular formula is C11H19N5O2S2. The van der Waals surface area contributed by atoms with Gasteiger partial charge in [-0.15, -0.1) is 0 Å². The molecule has 1 fully saturated rings. The molecule has 0 radical (unpaired) electrons. The van der Waals surface area contributed by atoms with Gasteiger partial charge in [0.25, 0.3) is 10.0 Å². The Morgan fingerprint density at radius 3 is 2.60 bits per heavy atom. The van der Waals surface area contributed by atoms with Gasteiger partial charge in [-0.2, -0.15) is 9.40 Å². The highest BCUT2D eigenvalue weighted by Gasteiger charge is 2.31. The smallest absolute Gasteiger partial charge is 0.260 e. The molecule has 1 aliphatic rings. The number of H-pyrrole nitrogens is 1. The van der Waals surface area contributed by atoms with Gasteiger partial charge in [0.15, 0.2) is 5.03 Å². The Balaban J connectivity index is 2.03. The Morgan fingerprint density at radius 1 is 1.50 bits per heavy atom. The predicted octanol–water partition coefficient (Wildman–Crippen LogP) is -0.219. The zero-order valence-corrected chi connectivity index (χ0v) is 13.0. The zero-order chi connectivity index (χ0) is 14.8. The predicted molar refractivity (Wildman–Crippen MR) is 79.8 cm³/mol. The van der Waals surface area contributed by atoms with Crippen LogP contribution in [0, 0.1) is 0 Å². The minimum Gasteiger partial charge on any atom is -0.392 e. The maximum absolute atomic E-state index is 12.3. The lowest BCUT2D eigenvalue weighted by Crippen LogP contribution is -2.54. The number of piperazine rings is 1. The van der Waals surface area contributed by atoms with Gasteiger partial charge in [-0.25, -0.2) is 8.42 Å². The molecule has 0 spiro atoms. The van der Waals surface area contributed by atoms with Gasteiger partial charge in [-0.1, -0.05) is 19.1 Å². The van der Waals surface area contributed by atoms with Crippen LogP contribution >= 0.6 is 12.2 Å². The maximum Gasteiger partial charge on any atom is 0.260 e. The van der Waals surface area contributed by atoms with Gasteiger partial charge >= 0.3 is 0 Å². The van der Waals surface area contributed by atoms with E-state index in [9.17, 15) is 8.42 Å². The second-order valence-electron chi connectivity index (χ2n) is 4.69. The first-order valence-corrected chi connectivity index (χ1v) is 8.34. The minimum absolute atomic E-state index is 0.0435. The SMILES string of the molecule is CCC(C(N)=S)N1CCN(S(=O)(=O)c2ccn[nH]2)CC1. The molecule has 0 aromatic carbocycles. The van der Waals surface area contributed by atoms with Gasteiger partial charge in [0.05, 0.1) is 17.2 Å². The number of aromatic amines is 1. The van der Waals surface area contributed by atoms with Crippen molar-refractivity contribution in [2.75, 3.05) is 26.2 Å². The lowest BCUT2D eigenvalue weighted by atomic mass is 10.1. The summed E-state index contributed by atoms with van der Waals surface area (Å²) in [5, 5.41) is 6.32. The van der Waals surface area contributed by atoms with E-state index in [4.69, 9.17) is 18.0 Å². The van der Waals surface area contributed by atoms with E-state index in [1.165, 1.54) is 16.6 Å². The van der Waals surface area contributed by atoms with Crippen LogP contribution in [0.1, 0.15) is 13.3 Å². The quantitative estimate of drug-likeness (QED) is 0.729. The van der Waals surface area contributed by atoms with Crippen LogP contribution in [-0.2, 0) is 10.0 Å². The molecule has 1 saturated heterocycles. The number of rotatable bonds is 5. The molecule has 20 heavy (non-hydrogen) atoms. The third-order valence-corrected chi connectivity index (χ3v) is 5.62. The van der Waals surface area contributed by atoms with Crippen molar-refractivity contribution in [3.63, 3.8) is 0 Å². The molecule has 2 heterocycles. The minimum atomic E-state index is -3.47. The van der Waals surface area contributed by atoms with Gasteiger partial charge in [0.1, 0.15) is 0 Å². The van der Waals surface area contributed by atoms with Crippen LogP contribution in [-0.4, -0.2) is 65.0 Å². The van der Waals surface area contributed by atoms with Crippen molar-refractivity contribution in [1.29, 1.82) is 0 Å². The number of nitrogens with two attached hydrogens (primary N) is 1. The Labute approximate surface area is 124 Å².